The highest BCUT2D eigenvalue weighted by Crippen LogP contribution is 2.30. The Kier molecular flexibility index (Phi) is 6.22. The van der Waals surface area contributed by atoms with Gasteiger partial charge in [-0.15, -0.1) is 16.8 Å². The molecule has 1 aliphatic heterocycles. The Morgan fingerprint density at radius 1 is 1.15 bits per heavy atom. The number of hydrogen-bond donors (Lipinski definition) is 1. The van der Waals surface area contributed by atoms with Gasteiger partial charge in [-0.05, 0) is 36.2 Å². The van der Waals surface area contributed by atoms with Gasteiger partial charge >= 0.3 is 0 Å². The van der Waals surface area contributed by atoms with E-state index in [1.807, 2.05) is 40.8 Å². The lowest BCUT2D eigenvalue weighted by molar-refractivity contribution is -0.118. The molecule has 5 rings (SSSR count). The highest BCUT2D eigenvalue weighted by atomic mass is 32.2. The van der Waals surface area contributed by atoms with E-state index in [1.54, 1.807) is 12.1 Å². The van der Waals surface area contributed by atoms with Crippen LogP contribution in [0.5, 0.6) is 11.5 Å². The Balaban J connectivity index is 1.26. The lowest BCUT2D eigenvalue weighted by atomic mass is 10.1. The molecule has 4 aromatic rings. The number of carbonyl (C=O) groups is 1. The fourth-order valence-corrected chi connectivity index (χ4v) is 4.66. The van der Waals surface area contributed by atoms with E-state index in [1.165, 1.54) is 16.3 Å². The minimum atomic E-state index is -0.149. The van der Waals surface area contributed by atoms with Gasteiger partial charge in [0.1, 0.15) is 13.2 Å². The van der Waals surface area contributed by atoms with Gasteiger partial charge in [0, 0.05) is 13.1 Å². The Bertz CT molecular complexity index is 1440. The van der Waals surface area contributed by atoms with Gasteiger partial charge in [-0.2, -0.15) is 0 Å². The standard InChI is InChI=1S/C24H23N5O4S/c1-2-11-28-22(31)17-5-3-4-6-18(17)29-23(28)26-27-24(29)34-15-21(30)25-10-9-16-7-8-19-20(14-16)33-13-12-32-19/h2-8,14H,1,9-13,15H2,(H,25,30). The van der Waals surface area contributed by atoms with E-state index >= 15 is 0 Å². The predicted octanol–water partition coefficient (Wildman–Crippen LogP) is 2.45. The maximum absolute atomic E-state index is 12.9. The molecule has 0 atom stereocenters. The van der Waals surface area contributed by atoms with Gasteiger partial charge in [0.05, 0.1) is 16.7 Å². The number of aromatic nitrogens is 4. The van der Waals surface area contributed by atoms with Gasteiger partial charge in [-0.1, -0.05) is 36.0 Å². The van der Waals surface area contributed by atoms with Crippen molar-refractivity contribution in [3.8, 4) is 11.5 Å². The molecule has 1 aliphatic rings. The summed E-state index contributed by atoms with van der Waals surface area (Å²) in [6, 6.07) is 13.1. The quantitative estimate of drug-likeness (QED) is 0.307. The van der Waals surface area contributed by atoms with Crippen molar-refractivity contribution in [3.05, 3.63) is 71.0 Å². The van der Waals surface area contributed by atoms with E-state index in [2.05, 4.69) is 22.1 Å². The van der Waals surface area contributed by atoms with Crippen molar-refractivity contribution in [1.82, 2.24) is 24.5 Å². The van der Waals surface area contributed by atoms with Crippen molar-refractivity contribution < 1.29 is 14.3 Å². The number of carbonyl (C=O) groups excluding carboxylic acids is 1. The van der Waals surface area contributed by atoms with E-state index in [0.29, 0.717) is 54.6 Å². The van der Waals surface area contributed by atoms with Crippen molar-refractivity contribution in [2.75, 3.05) is 25.5 Å². The largest absolute Gasteiger partial charge is 0.486 e. The van der Waals surface area contributed by atoms with E-state index in [-0.39, 0.29) is 17.2 Å². The summed E-state index contributed by atoms with van der Waals surface area (Å²) in [5.41, 5.74) is 1.62. The molecule has 0 radical (unpaired) electrons. The summed E-state index contributed by atoms with van der Waals surface area (Å²) in [4.78, 5) is 25.4. The van der Waals surface area contributed by atoms with Crippen molar-refractivity contribution in [2.45, 2.75) is 18.1 Å². The third kappa shape index (κ3) is 4.24. The summed E-state index contributed by atoms with van der Waals surface area (Å²) in [6.07, 6.45) is 2.33. The SMILES string of the molecule is C=CCn1c(=O)c2ccccc2n2c(SCC(=O)NCCc3ccc4c(c3)OCCO4)nnc12. The van der Waals surface area contributed by atoms with Crippen LogP contribution in [0.3, 0.4) is 0 Å². The second kappa shape index (κ2) is 9.60. The first-order valence-corrected chi connectivity index (χ1v) is 11.9. The van der Waals surface area contributed by atoms with Crippen LogP contribution in [-0.4, -0.2) is 50.6 Å². The maximum atomic E-state index is 12.9. The van der Waals surface area contributed by atoms with Crippen LogP contribution in [0.1, 0.15) is 5.56 Å². The lowest BCUT2D eigenvalue weighted by Gasteiger charge is -2.18. The van der Waals surface area contributed by atoms with Gasteiger partial charge in [0.2, 0.25) is 11.7 Å². The summed E-state index contributed by atoms with van der Waals surface area (Å²) < 4.78 is 14.5. The first kappa shape index (κ1) is 22.0. The number of allylic oxidation sites excluding steroid dienone is 1. The number of nitrogens with one attached hydrogen (secondary N) is 1. The topological polar surface area (TPSA) is 99.8 Å². The average molecular weight is 478 g/mol. The van der Waals surface area contributed by atoms with Gasteiger partial charge < -0.3 is 14.8 Å². The minimum Gasteiger partial charge on any atom is -0.486 e. The fourth-order valence-electron chi connectivity index (χ4n) is 3.89. The van der Waals surface area contributed by atoms with Crippen molar-refractivity contribution in [2.24, 2.45) is 0 Å². The average Bonchev–Trinajstić information content (AvgIpc) is 3.29. The number of benzene rings is 2. The number of hydrogen-bond acceptors (Lipinski definition) is 7. The van der Waals surface area contributed by atoms with Crippen LogP contribution >= 0.6 is 11.8 Å². The predicted molar refractivity (Wildman–Crippen MR) is 130 cm³/mol. The van der Waals surface area contributed by atoms with E-state index in [4.69, 9.17) is 9.47 Å². The van der Waals surface area contributed by atoms with Crippen LogP contribution in [0.2, 0.25) is 0 Å². The molecule has 2 aromatic carbocycles. The molecular weight excluding hydrogens is 454 g/mol. The first-order valence-electron chi connectivity index (χ1n) is 10.9. The molecule has 10 heteroatoms. The molecule has 0 unspecified atom stereocenters. The lowest BCUT2D eigenvalue weighted by Crippen LogP contribution is -2.27. The summed E-state index contributed by atoms with van der Waals surface area (Å²) >= 11 is 1.28. The molecule has 1 N–H and O–H groups in total. The molecule has 1 amide bonds. The second-order valence-corrected chi connectivity index (χ2v) is 8.65. The zero-order valence-corrected chi connectivity index (χ0v) is 19.2. The van der Waals surface area contributed by atoms with Crippen molar-refractivity contribution in [1.29, 1.82) is 0 Å². The molecule has 0 saturated carbocycles. The number of ether oxygens (including phenoxy) is 2. The molecule has 0 spiro atoms. The number of nitrogens with zero attached hydrogens (tertiary/aromatic N) is 4. The number of fused-ring (bicyclic) bond motifs is 4. The zero-order valence-electron chi connectivity index (χ0n) is 18.4. The molecule has 2 aromatic heterocycles. The van der Waals surface area contributed by atoms with Crippen LogP contribution < -0.4 is 20.3 Å². The summed E-state index contributed by atoms with van der Waals surface area (Å²) in [5, 5.41) is 12.5. The van der Waals surface area contributed by atoms with Crippen LogP contribution in [0, 0.1) is 0 Å². The molecular formula is C24H23N5O4S. The summed E-state index contributed by atoms with van der Waals surface area (Å²) in [5.74, 6) is 1.98. The minimum absolute atomic E-state index is 0.108. The smallest absolute Gasteiger partial charge is 0.263 e. The number of para-hydroxylation sites is 1. The van der Waals surface area contributed by atoms with Gasteiger partial charge in [0.25, 0.3) is 5.56 Å². The van der Waals surface area contributed by atoms with Crippen LogP contribution in [0.4, 0.5) is 0 Å². The third-order valence-electron chi connectivity index (χ3n) is 5.46. The maximum Gasteiger partial charge on any atom is 0.263 e. The molecule has 0 aliphatic carbocycles. The van der Waals surface area contributed by atoms with Crippen molar-refractivity contribution >= 4 is 34.3 Å². The molecule has 0 fully saturated rings. The van der Waals surface area contributed by atoms with Crippen LogP contribution in [0.25, 0.3) is 16.7 Å². The normalized spacial score (nSPS) is 12.7. The molecule has 0 saturated heterocycles. The summed E-state index contributed by atoms with van der Waals surface area (Å²) in [6.45, 7) is 5.65. The van der Waals surface area contributed by atoms with E-state index in [9.17, 15) is 9.59 Å². The van der Waals surface area contributed by atoms with Crippen LogP contribution in [0.15, 0.2) is 65.1 Å². The Morgan fingerprint density at radius 3 is 2.82 bits per heavy atom. The monoisotopic (exact) mass is 477 g/mol. The van der Waals surface area contributed by atoms with E-state index in [0.717, 1.165) is 17.1 Å². The molecule has 174 valence electrons. The number of rotatable bonds is 8. The molecule has 3 heterocycles. The zero-order chi connectivity index (χ0) is 23.5. The third-order valence-corrected chi connectivity index (χ3v) is 6.39. The summed E-state index contributed by atoms with van der Waals surface area (Å²) in [7, 11) is 0. The van der Waals surface area contributed by atoms with Crippen molar-refractivity contribution in [3.63, 3.8) is 0 Å². The second-order valence-electron chi connectivity index (χ2n) is 7.71. The molecule has 0 bridgehead atoms. The van der Waals surface area contributed by atoms with E-state index < -0.39 is 0 Å². The van der Waals surface area contributed by atoms with Gasteiger partial charge in [0.15, 0.2) is 16.7 Å². The Morgan fingerprint density at radius 2 is 1.97 bits per heavy atom. The molecule has 34 heavy (non-hydrogen) atoms. The van der Waals surface area contributed by atoms with Crippen LogP contribution in [-0.2, 0) is 17.8 Å². The first-order chi connectivity index (χ1) is 16.7. The Hall–Kier alpha value is -3.79. The highest BCUT2D eigenvalue weighted by Gasteiger charge is 2.17. The number of amides is 1. The fraction of sp³-hybridized carbons (Fsp3) is 0.250. The van der Waals surface area contributed by atoms with Gasteiger partial charge in [-0.25, -0.2) is 0 Å². The molecule has 9 nitrogen and oxygen atoms in total. The number of thioether (sulfide) groups is 1. The highest BCUT2D eigenvalue weighted by molar-refractivity contribution is 7.99. The Labute approximate surface area is 199 Å². The van der Waals surface area contributed by atoms with Gasteiger partial charge in [-0.3, -0.25) is 18.6 Å².